The lowest BCUT2D eigenvalue weighted by Crippen LogP contribution is -2.55. The first-order chi connectivity index (χ1) is 8.56. The first-order valence-corrected chi connectivity index (χ1v) is 7.65. The number of carbonyl (C=O) groups is 1. The predicted molar refractivity (Wildman–Crippen MR) is 73.6 cm³/mol. The van der Waals surface area contributed by atoms with Crippen molar-refractivity contribution in [3.8, 4) is 0 Å². The minimum Gasteiger partial charge on any atom is -0.368 e. The lowest BCUT2D eigenvalue weighted by Gasteiger charge is -2.53. The normalized spacial score (nSPS) is 44.2. The molecular formula is C15H22ClNO. The van der Waals surface area contributed by atoms with Gasteiger partial charge in [-0.1, -0.05) is 6.92 Å². The molecule has 0 aromatic carbocycles. The molecule has 0 spiro atoms. The van der Waals surface area contributed by atoms with Gasteiger partial charge in [0.15, 0.2) is 5.78 Å². The molecule has 3 heteroatoms. The van der Waals surface area contributed by atoms with Crippen LogP contribution in [0.15, 0.2) is 11.8 Å². The zero-order valence-electron chi connectivity index (χ0n) is 11.2. The van der Waals surface area contributed by atoms with E-state index < -0.39 is 0 Å². The third-order valence-corrected chi connectivity index (χ3v) is 5.44. The summed E-state index contributed by atoms with van der Waals surface area (Å²) in [6.07, 6.45) is 7.11. The van der Waals surface area contributed by atoms with Crippen molar-refractivity contribution < 1.29 is 4.79 Å². The van der Waals surface area contributed by atoms with Gasteiger partial charge in [0.1, 0.15) is 0 Å². The molecular weight excluding hydrogens is 246 g/mol. The molecule has 1 saturated heterocycles. The molecule has 0 N–H and O–H groups in total. The average Bonchev–Trinajstić information content (AvgIpc) is 2.29. The highest BCUT2D eigenvalue weighted by molar-refractivity contribution is 6.20. The monoisotopic (exact) mass is 267 g/mol. The Hall–Kier alpha value is -0.500. The van der Waals surface area contributed by atoms with Gasteiger partial charge in [-0.25, -0.2) is 0 Å². The van der Waals surface area contributed by atoms with E-state index in [9.17, 15) is 4.79 Å². The molecule has 0 aromatic heterocycles. The van der Waals surface area contributed by atoms with E-state index in [1.807, 2.05) is 6.08 Å². The van der Waals surface area contributed by atoms with Crippen LogP contribution in [-0.4, -0.2) is 28.1 Å². The number of nitrogens with zero attached hydrogens (tertiary/aromatic N) is 1. The summed E-state index contributed by atoms with van der Waals surface area (Å²) in [6.45, 7) is 4.53. The fourth-order valence-corrected chi connectivity index (χ4v) is 4.60. The van der Waals surface area contributed by atoms with E-state index in [4.69, 9.17) is 11.6 Å². The van der Waals surface area contributed by atoms with Gasteiger partial charge in [-0.2, -0.15) is 0 Å². The number of hydrogen-bond donors (Lipinski definition) is 0. The van der Waals surface area contributed by atoms with Crippen LogP contribution in [0.25, 0.3) is 0 Å². The molecule has 0 amide bonds. The minimum atomic E-state index is 0.311. The number of fused-ring (bicyclic) bond motifs is 3. The zero-order chi connectivity index (χ0) is 12.9. The van der Waals surface area contributed by atoms with Gasteiger partial charge in [0, 0.05) is 35.7 Å². The molecule has 2 aliphatic heterocycles. The Morgan fingerprint density at radius 2 is 2.06 bits per heavy atom. The lowest BCUT2D eigenvalue weighted by molar-refractivity contribution is -0.117. The molecule has 1 saturated carbocycles. The highest BCUT2D eigenvalue weighted by Gasteiger charge is 2.44. The second-order valence-corrected chi connectivity index (χ2v) is 7.00. The van der Waals surface area contributed by atoms with E-state index in [0.717, 1.165) is 19.3 Å². The van der Waals surface area contributed by atoms with Crippen molar-refractivity contribution in [3.63, 3.8) is 0 Å². The fourth-order valence-electron chi connectivity index (χ4n) is 4.27. The van der Waals surface area contributed by atoms with Crippen molar-refractivity contribution in [2.45, 2.75) is 63.4 Å². The number of halogens is 1. The highest BCUT2D eigenvalue weighted by atomic mass is 35.5. The van der Waals surface area contributed by atoms with Gasteiger partial charge in [-0.15, -0.1) is 11.6 Å². The van der Waals surface area contributed by atoms with Crippen LogP contribution >= 0.6 is 11.6 Å². The van der Waals surface area contributed by atoms with Gasteiger partial charge < -0.3 is 4.90 Å². The van der Waals surface area contributed by atoms with Crippen LogP contribution in [0, 0.1) is 11.8 Å². The Labute approximate surface area is 114 Å². The van der Waals surface area contributed by atoms with Gasteiger partial charge in [0.05, 0.1) is 0 Å². The van der Waals surface area contributed by atoms with Gasteiger partial charge in [-0.05, 0) is 44.4 Å². The Balaban J connectivity index is 1.91. The summed E-state index contributed by atoms with van der Waals surface area (Å²) in [4.78, 5) is 14.3. The summed E-state index contributed by atoms with van der Waals surface area (Å²) in [5.41, 5.74) is 1.29. The lowest BCUT2D eigenvalue weighted by atomic mass is 9.70. The maximum atomic E-state index is 11.7. The largest absolute Gasteiger partial charge is 0.368 e. The first-order valence-electron chi connectivity index (χ1n) is 7.22. The van der Waals surface area contributed by atoms with Crippen molar-refractivity contribution in [2.24, 2.45) is 11.8 Å². The van der Waals surface area contributed by atoms with Gasteiger partial charge in [0.2, 0.25) is 0 Å². The maximum Gasteiger partial charge on any atom is 0.159 e. The van der Waals surface area contributed by atoms with Crippen molar-refractivity contribution in [1.82, 2.24) is 4.90 Å². The molecule has 2 heterocycles. The molecule has 3 rings (SSSR count). The molecule has 3 aliphatic rings. The van der Waals surface area contributed by atoms with Crippen LogP contribution in [0.5, 0.6) is 0 Å². The molecule has 2 fully saturated rings. The number of alkyl halides is 1. The van der Waals surface area contributed by atoms with Crippen molar-refractivity contribution >= 4 is 17.4 Å². The smallest absolute Gasteiger partial charge is 0.159 e. The van der Waals surface area contributed by atoms with Gasteiger partial charge >= 0.3 is 0 Å². The van der Waals surface area contributed by atoms with Gasteiger partial charge in [0.25, 0.3) is 0 Å². The molecule has 100 valence electrons. The molecule has 0 aromatic rings. The summed E-state index contributed by atoms with van der Waals surface area (Å²) in [7, 11) is 0. The summed E-state index contributed by atoms with van der Waals surface area (Å²) < 4.78 is 0. The Kier molecular flexibility index (Phi) is 3.17. The molecule has 18 heavy (non-hydrogen) atoms. The molecule has 5 unspecified atom stereocenters. The topological polar surface area (TPSA) is 20.3 Å². The van der Waals surface area contributed by atoms with E-state index in [0.29, 0.717) is 41.5 Å². The third-order valence-electron chi connectivity index (χ3n) is 5.05. The third kappa shape index (κ3) is 1.99. The van der Waals surface area contributed by atoms with Crippen molar-refractivity contribution in [2.75, 3.05) is 0 Å². The molecule has 0 bridgehead atoms. The van der Waals surface area contributed by atoms with Crippen molar-refractivity contribution in [1.29, 1.82) is 0 Å². The average molecular weight is 268 g/mol. The predicted octanol–water partition coefficient (Wildman–Crippen LogP) is 3.35. The number of ketones is 1. The van der Waals surface area contributed by atoms with Crippen LogP contribution in [0.2, 0.25) is 0 Å². The van der Waals surface area contributed by atoms with E-state index in [1.165, 1.54) is 12.1 Å². The van der Waals surface area contributed by atoms with Crippen LogP contribution < -0.4 is 0 Å². The summed E-state index contributed by atoms with van der Waals surface area (Å²) in [5.74, 6) is 1.69. The van der Waals surface area contributed by atoms with E-state index >= 15 is 0 Å². The molecule has 1 aliphatic carbocycles. The van der Waals surface area contributed by atoms with E-state index in [-0.39, 0.29) is 0 Å². The Morgan fingerprint density at radius 1 is 1.28 bits per heavy atom. The van der Waals surface area contributed by atoms with Crippen LogP contribution in [-0.2, 0) is 4.79 Å². The van der Waals surface area contributed by atoms with E-state index in [2.05, 4.69) is 18.7 Å². The second kappa shape index (κ2) is 4.56. The standard InChI is InChI=1S/C15H22ClNO/c1-9-5-12-8-13(18)6-10(2)17(12)15-4-3-11(16)7-14(9)15/h8-11,14-15H,3-7H2,1-2H3. The quantitative estimate of drug-likeness (QED) is 0.628. The minimum absolute atomic E-state index is 0.311. The maximum absolute atomic E-state index is 11.7. The number of allylic oxidation sites excluding steroid dienone is 2. The number of hydrogen-bond acceptors (Lipinski definition) is 2. The summed E-state index contributed by atoms with van der Waals surface area (Å²) >= 11 is 6.35. The molecule has 2 nitrogen and oxygen atoms in total. The number of carbonyl (C=O) groups excluding carboxylic acids is 1. The molecule has 0 radical (unpaired) electrons. The fraction of sp³-hybridized carbons (Fsp3) is 0.800. The second-order valence-electron chi connectivity index (χ2n) is 6.39. The number of piperidine rings is 1. The first kappa shape index (κ1) is 12.5. The van der Waals surface area contributed by atoms with Crippen LogP contribution in [0.1, 0.15) is 46.0 Å². The Morgan fingerprint density at radius 3 is 2.83 bits per heavy atom. The highest BCUT2D eigenvalue weighted by Crippen LogP contribution is 2.46. The molecule has 5 atom stereocenters. The van der Waals surface area contributed by atoms with Gasteiger partial charge in [-0.3, -0.25) is 4.79 Å². The zero-order valence-corrected chi connectivity index (χ0v) is 12.0. The van der Waals surface area contributed by atoms with E-state index in [1.54, 1.807) is 0 Å². The summed E-state index contributed by atoms with van der Waals surface area (Å²) in [6, 6.07) is 1.00. The number of rotatable bonds is 0. The SMILES string of the molecule is CC1CC2=CC(=O)CC(C)N2C2CCC(Cl)CC12. The van der Waals surface area contributed by atoms with Crippen LogP contribution in [0.4, 0.5) is 0 Å². The summed E-state index contributed by atoms with van der Waals surface area (Å²) in [5, 5.41) is 0.362. The Bertz CT molecular complexity index is 392. The van der Waals surface area contributed by atoms with Crippen molar-refractivity contribution in [3.05, 3.63) is 11.8 Å². The van der Waals surface area contributed by atoms with Crippen LogP contribution in [0.3, 0.4) is 0 Å².